The quantitative estimate of drug-likeness (QED) is 0.720. The molecule has 0 bridgehead atoms. The number of rotatable bonds is 3. The average Bonchev–Trinajstić information content (AvgIpc) is 2.31. The lowest BCUT2D eigenvalue weighted by Gasteiger charge is -2.22. The normalized spacial score (nSPS) is 17.0. The predicted molar refractivity (Wildman–Crippen MR) is 52.7 cm³/mol. The van der Waals surface area contributed by atoms with Crippen LogP contribution in [0.2, 0.25) is 0 Å². The summed E-state index contributed by atoms with van der Waals surface area (Å²) in [7, 11) is 1.87. The third-order valence-electron chi connectivity index (χ3n) is 2.23. The van der Waals surface area contributed by atoms with Gasteiger partial charge in [-0.1, -0.05) is 0 Å². The van der Waals surface area contributed by atoms with Gasteiger partial charge in [0.15, 0.2) is 0 Å². The fraction of sp³-hybridized carbons (Fsp3) is 0.556. The molecule has 13 heavy (non-hydrogen) atoms. The van der Waals surface area contributed by atoms with Gasteiger partial charge in [-0.05, 0) is 5.56 Å². The molecule has 0 saturated carbocycles. The Morgan fingerprint density at radius 1 is 1.77 bits per heavy atom. The molecule has 1 aliphatic heterocycles. The number of ketones is 1. The van der Waals surface area contributed by atoms with Gasteiger partial charge < -0.3 is 0 Å². The van der Waals surface area contributed by atoms with Crippen molar-refractivity contribution in [1.82, 2.24) is 9.78 Å². The Morgan fingerprint density at radius 3 is 3.00 bits per heavy atom. The van der Waals surface area contributed by atoms with Crippen LogP contribution in [-0.4, -0.2) is 27.1 Å². The third-order valence-corrected chi connectivity index (χ3v) is 3.51. The summed E-state index contributed by atoms with van der Waals surface area (Å²) in [5.74, 6) is 2.70. The summed E-state index contributed by atoms with van der Waals surface area (Å²) in [6.45, 7) is 0. The maximum absolute atomic E-state index is 11.6. The van der Waals surface area contributed by atoms with Crippen molar-refractivity contribution in [3.8, 4) is 0 Å². The van der Waals surface area contributed by atoms with Gasteiger partial charge in [0.25, 0.3) is 0 Å². The van der Waals surface area contributed by atoms with E-state index >= 15 is 0 Å². The minimum absolute atomic E-state index is 0.310. The summed E-state index contributed by atoms with van der Waals surface area (Å²) in [6, 6.07) is 0. The topological polar surface area (TPSA) is 34.9 Å². The minimum Gasteiger partial charge on any atom is -0.299 e. The largest absolute Gasteiger partial charge is 0.299 e. The number of hydrogen-bond donors (Lipinski definition) is 0. The molecule has 1 fully saturated rings. The van der Waals surface area contributed by atoms with Crippen LogP contribution in [0.25, 0.3) is 0 Å². The standard InChI is InChI=1S/C9H12N2OS/c1-11-4-7(3-10-11)2-9(12)8-5-13-6-8/h3-4,8H,2,5-6H2,1H3. The van der Waals surface area contributed by atoms with Crippen LogP contribution in [0.4, 0.5) is 0 Å². The van der Waals surface area contributed by atoms with E-state index in [-0.39, 0.29) is 0 Å². The summed E-state index contributed by atoms with van der Waals surface area (Å²) in [6.07, 6.45) is 4.23. The Bertz CT molecular complexity index is 317. The molecule has 0 radical (unpaired) electrons. The second-order valence-corrected chi connectivity index (χ2v) is 4.47. The van der Waals surface area contributed by atoms with E-state index in [1.807, 2.05) is 25.0 Å². The van der Waals surface area contributed by atoms with Crippen molar-refractivity contribution in [3.05, 3.63) is 18.0 Å². The van der Waals surface area contributed by atoms with Crippen LogP contribution >= 0.6 is 11.8 Å². The SMILES string of the molecule is Cn1cc(CC(=O)C2CSC2)cn1. The maximum Gasteiger partial charge on any atom is 0.142 e. The number of nitrogens with zero attached hydrogens (tertiary/aromatic N) is 2. The first-order valence-corrected chi connectivity index (χ1v) is 5.49. The van der Waals surface area contributed by atoms with Gasteiger partial charge in [-0.3, -0.25) is 9.48 Å². The van der Waals surface area contributed by atoms with Crippen molar-refractivity contribution in [1.29, 1.82) is 0 Å². The Morgan fingerprint density at radius 2 is 2.54 bits per heavy atom. The molecular formula is C9H12N2OS. The molecule has 1 aromatic heterocycles. The molecule has 0 spiro atoms. The number of aryl methyl sites for hydroxylation is 1. The zero-order valence-electron chi connectivity index (χ0n) is 7.56. The second-order valence-electron chi connectivity index (χ2n) is 3.40. The van der Waals surface area contributed by atoms with Crippen molar-refractivity contribution in [3.63, 3.8) is 0 Å². The van der Waals surface area contributed by atoms with Crippen LogP contribution < -0.4 is 0 Å². The first-order chi connectivity index (χ1) is 6.25. The fourth-order valence-corrected chi connectivity index (χ4v) is 2.17. The highest BCUT2D eigenvalue weighted by atomic mass is 32.2. The highest BCUT2D eigenvalue weighted by Crippen LogP contribution is 2.26. The summed E-state index contributed by atoms with van der Waals surface area (Å²) >= 11 is 1.85. The van der Waals surface area contributed by atoms with Gasteiger partial charge >= 0.3 is 0 Å². The van der Waals surface area contributed by atoms with E-state index in [1.165, 1.54) is 0 Å². The molecule has 0 unspecified atom stereocenters. The van der Waals surface area contributed by atoms with E-state index < -0.39 is 0 Å². The molecule has 1 aromatic rings. The zero-order chi connectivity index (χ0) is 9.26. The molecule has 1 aliphatic rings. The van der Waals surface area contributed by atoms with Gasteiger partial charge in [-0.2, -0.15) is 16.9 Å². The third kappa shape index (κ3) is 1.94. The highest BCUT2D eigenvalue weighted by molar-refractivity contribution is 8.00. The molecule has 2 rings (SSSR count). The smallest absolute Gasteiger partial charge is 0.142 e. The van der Waals surface area contributed by atoms with Crippen LogP contribution in [0.15, 0.2) is 12.4 Å². The Hall–Kier alpha value is -0.770. The van der Waals surface area contributed by atoms with E-state index in [4.69, 9.17) is 0 Å². The second kappa shape index (κ2) is 3.54. The van der Waals surface area contributed by atoms with Gasteiger partial charge in [0, 0.05) is 37.1 Å². The first-order valence-electron chi connectivity index (χ1n) is 4.33. The first kappa shape index (κ1) is 8.81. The lowest BCUT2D eigenvalue weighted by Crippen LogP contribution is -2.28. The molecule has 0 amide bonds. The summed E-state index contributed by atoms with van der Waals surface area (Å²) < 4.78 is 1.73. The number of carbonyl (C=O) groups is 1. The van der Waals surface area contributed by atoms with Crippen molar-refractivity contribution in [2.45, 2.75) is 6.42 Å². The lowest BCUT2D eigenvalue weighted by molar-refractivity contribution is -0.121. The molecule has 4 heteroatoms. The molecule has 0 aromatic carbocycles. The minimum atomic E-state index is 0.310. The summed E-state index contributed by atoms with van der Waals surface area (Å²) in [5, 5.41) is 4.03. The van der Waals surface area contributed by atoms with Crippen LogP contribution in [0.3, 0.4) is 0 Å². The van der Waals surface area contributed by atoms with Crippen molar-refractivity contribution in [2.75, 3.05) is 11.5 Å². The zero-order valence-corrected chi connectivity index (χ0v) is 8.38. The molecular weight excluding hydrogens is 184 g/mol. The predicted octanol–water partition coefficient (Wildman–Crippen LogP) is 0.895. The van der Waals surface area contributed by atoms with E-state index in [9.17, 15) is 4.79 Å². The average molecular weight is 196 g/mol. The van der Waals surface area contributed by atoms with E-state index in [0.29, 0.717) is 18.1 Å². The highest BCUT2D eigenvalue weighted by Gasteiger charge is 2.25. The fourth-order valence-electron chi connectivity index (χ4n) is 1.33. The number of thioether (sulfide) groups is 1. The number of hydrogen-bond acceptors (Lipinski definition) is 3. The Balaban J connectivity index is 1.93. The molecule has 0 atom stereocenters. The monoisotopic (exact) mass is 196 g/mol. The number of Topliss-reactive ketones (excluding diaryl/α,β-unsaturated/α-hetero) is 1. The lowest BCUT2D eigenvalue weighted by atomic mass is 10.0. The maximum atomic E-state index is 11.6. The number of aromatic nitrogens is 2. The number of carbonyl (C=O) groups excluding carboxylic acids is 1. The Labute approximate surface area is 81.5 Å². The summed E-state index contributed by atoms with van der Waals surface area (Å²) in [5.41, 5.74) is 1.03. The molecule has 0 aliphatic carbocycles. The van der Waals surface area contributed by atoms with Crippen LogP contribution in [0, 0.1) is 5.92 Å². The van der Waals surface area contributed by atoms with Gasteiger partial charge in [0.1, 0.15) is 5.78 Å². The van der Waals surface area contributed by atoms with Crippen LogP contribution in [0.1, 0.15) is 5.56 Å². The van der Waals surface area contributed by atoms with E-state index in [0.717, 1.165) is 17.1 Å². The molecule has 2 heterocycles. The van der Waals surface area contributed by atoms with Gasteiger partial charge in [-0.15, -0.1) is 0 Å². The summed E-state index contributed by atoms with van der Waals surface area (Å²) in [4.78, 5) is 11.6. The molecule has 0 N–H and O–H groups in total. The molecule has 3 nitrogen and oxygen atoms in total. The van der Waals surface area contributed by atoms with Crippen molar-refractivity contribution in [2.24, 2.45) is 13.0 Å². The molecule has 1 saturated heterocycles. The molecule has 70 valence electrons. The van der Waals surface area contributed by atoms with Gasteiger partial charge in [-0.25, -0.2) is 0 Å². The van der Waals surface area contributed by atoms with E-state index in [2.05, 4.69) is 5.10 Å². The van der Waals surface area contributed by atoms with Crippen LogP contribution in [0.5, 0.6) is 0 Å². The van der Waals surface area contributed by atoms with Gasteiger partial charge in [0.05, 0.1) is 6.20 Å². The van der Waals surface area contributed by atoms with E-state index in [1.54, 1.807) is 10.9 Å². The van der Waals surface area contributed by atoms with Crippen LogP contribution in [-0.2, 0) is 18.3 Å². The van der Waals surface area contributed by atoms with Crippen molar-refractivity contribution >= 4 is 17.5 Å². The van der Waals surface area contributed by atoms with Crippen molar-refractivity contribution < 1.29 is 4.79 Å². The Kier molecular flexibility index (Phi) is 2.40. The van der Waals surface area contributed by atoms with Gasteiger partial charge in [0.2, 0.25) is 0 Å².